The summed E-state index contributed by atoms with van der Waals surface area (Å²) in [5.74, 6) is 1.87. The first kappa shape index (κ1) is 16.0. The summed E-state index contributed by atoms with van der Waals surface area (Å²) in [7, 11) is 0. The number of fused-ring (bicyclic) bond motifs is 10. The summed E-state index contributed by atoms with van der Waals surface area (Å²) < 4.78 is 6.38. The van der Waals surface area contributed by atoms with E-state index in [4.69, 9.17) is 4.74 Å². The van der Waals surface area contributed by atoms with Crippen molar-refractivity contribution >= 4 is 10.8 Å². The van der Waals surface area contributed by atoms with E-state index in [0.717, 1.165) is 11.5 Å². The van der Waals surface area contributed by atoms with Crippen LogP contribution in [0.1, 0.15) is 22.3 Å². The van der Waals surface area contributed by atoms with Crippen molar-refractivity contribution in [1.82, 2.24) is 0 Å². The molecule has 0 unspecified atom stereocenters. The van der Waals surface area contributed by atoms with Crippen molar-refractivity contribution in [2.75, 3.05) is 0 Å². The molecule has 0 N–H and O–H groups in total. The number of hydrogen-bond donors (Lipinski definition) is 0. The molecule has 5 aromatic rings. The Kier molecular flexibility index (Phi) is 2.99. The van der Waals surface area contributed by atoms with E-state index in [-0.39, 0.29) is 5.41 Å². The number of rotatable bonds is 0. The molecule has 2 aliphatic rings. The van der Waals surface area contributed by atoms with Gasteiger partial charge in [-0.15, -0.1) is 0 Å². The molecule has 1 aliphatic heterocycles. The molecule has 0 aromatic heterocycles. The fourth-order valence-electron chi connectivity index (χ4n) is 5.54. The van der Waals surface area contributed by atoms with Gasteiger partial charge in [0.15, 0.2) is 0 Å². The van der Waals surface area contributed by atoms with Crippen LogP contribution in [0, 0.1) is 0 Å². The Morgan fingerprint density at radius 3 is 1.67 bits per heavy atom. The maximum atomic E-state index is 6.38. The summed E-state index contributed by atoms with van der Waals surface area (Å²) in [6.45, 7) is 0. The molecule has 0 atom stereocenters. The lowest BCUT2D eigenvalue weighted by atomic mass is 9.66. The second-order valence-electron chi connectivity index (χ2n) is 8.13. The molecule has 1 aliphatic carbocycles. The molecule has 1 heteroatoms. The smallest absolute Gasteiger partial charge is 0.132 e. The molecule has 0 saturated heterocycles. The zero-order valence-electron chi connectivity index (χ0n) is 16.3. The summed E-state index contributed by atoms with van der Waals surface area (Å²) in [4.78, 5) is 0. The fraction of sp³-hybridized carbons (Fsp3) is 0.0345. The van der Waals surface area contributed by atoms with Crippen molar-refractivity contribution in [1.29, 1.82) is 0 Å². The molecular formula is C29H18O. The van der Waals surface area contributed by atoms with Crippen LogP contribution in [0.3, 0.4) is 0 Å². The molecule has 5 aromatic carbocycles. The largest absolute Gasteiger partial charge is 0.457 e. The minimum atomic E-state index is -0.374. The highest BCUT2D eigenvalue weighted by Crippen LogP contribution is 2.62. The minimum Gasteiger partial charge on any atom is -0.457 e. The van der Waals surface area contributed by atoms with Crippen molar-refractivity contribution in [2.24, 2.45) is 0 Å². The Hall–Kier alpha value is -3.84. The van der Waals surface area contributed by atoms with E-state index in [1.165, 1.54) is 44.2 Å². The van der Waals surface area contributed by atoms with Crippen LogP contribution in [0.15, 0.2) is 109 Å². The third-order valence-electron chi connectivity index (χ3n) is 6.71. The first-order chi connectivity index (χ1) is 14.9. The van der Waals surface area contributed by atoms with Crippen LogP contribution in [-0.4, -0.2) is 0 Å². The molecule has 140 valence electrons. The standard InChI is InChI=1S/C29H18O/c1-2-10-20-18-26-22(17-19(20)9-1)21-11-3-4-12-23(21)29(26)24-13-5-7-15-27(24)30-28-16-8-6-14-25(28)29/h1-18H. The Morgan fingerprint density at radius 2 is 0.967 bits per heavy atom. The number of para-hydroxylation sites is 2. The lowest BCUT2D eigenvalue weighted by Gasteiger charge is -2.39. The molecule has 1 spiro atoms. The van der Waals surface area contributed by atoms with Gasteiger partial charge < -0.3 is 4.74 Å². The Labute approximate surface area is 175 Å². The molecule has 0 saturated carbocycles. The molecule has 0 bridgehead atoms. The van der Waals surface area contributed by atoms with Crippen molar-refractivity contribution in [3.63, 3.8) is 0 Å². The van der Waals surface area contributed by atoms with Crippen LogP contribution in [0.4, 0.5) is 0 Å². The highest BCUT2D eigenvalue weighted by Gasteiger charge is 2.50. The number of benzene rings is 5. The van der Waals surface area contributed by atoms with Gasteiger partial charge in [0.05, 0.1) is 5.41 Å². The normalized spacial score (nSPS) is 14.5. The third kappa shape index (κ3) is 1.83. The van der Waals surface area contributed by atoms with E-state index < -0.39 is 0 Å². The van der Waals surface area contributed by atoms with Crippen LogP contribution in [0.5, 0.6) is 11.5 Å². The van der Waals surface area contributed by atoms with Crippen LogP contribution in [0.25, 0.3) is 21.9 Å². The first-order valence-electron chi connectivity index (χ1n) is 10.4. The second-order valence-corrected chi connectivity index (χ2v) is 8.13. The fourth-order valence-corrected chi connectivity index (χ4v) is 5.54. The van der Waals surface area contributed by atoms with Gasteiger partial charge >= 0.3 is 0 Å². The molecule has 7 rings (SSSR count). The van der Waals surface area contributed by atoms with E-state index in [2.05, 4.69) is 109 Å². The molecule has 0 fully saturated rings. The predicted molar refractivity (Wildman–Crippen MR) is 121 cm³/mol. The van der Waals surface area contributed by atoms with Crippen molar-refractivity contribution in [3.8, 4) is 22.6 Å². The zero-order valence-corrected chi connectivity index (χ0v) is 16.3. The lowest BCUT2D eigenvalue weighted by molar-refractivity contribution is 0.436. The van der Waals surface area contributed by atoms with Gasteiger partial charge in [-0.25, -0.2) is 0 Å². The average Bonchev–Trinajstić information content (AvgIpc) is 3.08. The summed E-state index contributed by atoms with van der Waals surface area (Å²) in [5.41, 5.74) is 7.35. The van der Waals surface area contributed by atoms with Gasteiger partial charge in [-0.3, -0.25) is 0 Å². The van der Waals surface area contributed by atoms with Crippen LogP contribution >= 0.6 is 0 Å². The van der Waals surface area contributed by atoms with Gasteiger partial charge in [0.2, 0.25) is 0 Å². The molecule has 0 amide bonds. The average molecular weight is 382 g/mol. The van der Waals surface area contributed by atoms with Gasteiger partial charge in [-0.1, -0.05) is 84.9 Å². The predicted octanol–water partition coefficient (Wildman–Crippen LogP) is 7.31. The maximum absolute atomic E-state index is 6.38. The van der Waals surface area contributed by atoms with Gasteiger partial charge in [-0.05, 0) is 57.3 Å². The first-order valence-corrected chi connectivity index (χ1v) is 10.4. The van der Waals surface area contributed by atoms with E-state index in [1.54, 1.807) is 0 Å². The van der Waals surface area contributed by atoms with Gasteiger partial charge in [0, 0.05) is 11.1 Å². The number of hydrogen-bond acceptors (Lipinski definition) is 1. The topological polar surface area (TPSA) is 9.23 Å². The zero-order chi connectivity index (χ0) is 19.7. The molecule has 1 nitrogen and oxygen atoms in total. The highest BCUT2D eigenvalue weighted by molar-refractivity contribution is 5.96. The lowest BCUT2D eigenvalue weighted by Crippen LogP contribution is -2.32. The van der Waals surface area contributed by atoms with Gasteiger partial charge in [0.25, 0.3) is 0 Å². The molecule has 1 heterocycles. The van der Waals surface area contributed by atoms with E-state index in [9.17, 15) is 0 Å². The van der Waals surface area contributed by atoms with Crippen molar-refractivity contribution < 1.29 is 4.74 Å². The minimum absolute atomic E-state index is 0.374. The Morgan fingerprint density at radius 1 is 0.433 bits per heavy atom. The number of ether oxygens (including phenoxy) is 1. The molecule has 0 radical (unpaired) electrons. The summed E-state index contributed by atoms with van der Waals surface area (Å²) in [6.07, 6.45) is 0. The van der Waals surface area contributed by atoms with Gasteiger partial charge in [0.1, 0.15) is 11.5 Å². The second kappa shape index (κ2) is 5.61. The van der Waals surface area contributed by atoms with Crippen LogP contribution in [-0.2, 0) is 5.41 Å². The molecule has 30 heavy (non-hydrogen) atoms. The summed E-state index contributed by atoms with van der Waals surface area (Å²) in [6, 6.07) is 39.3. The quantitative estimate of drug-likeness (QED) is 0.267. The van der Waals surface area contributed by atoms with Crippen LogP contribution in [0.2, 0.25) is 0 Å². The maximum Gasteiger partial charge on any atom is 0.132 e. The van der Waals surface area contributed by atoms with Gasteiger partial charge in [-0.2, -0.15) is 0 Å². The van der Waals surface area contributed by atoms with Crippen molar-refractivity contribution in [3.05, 3.63) is 131 Å². The third-order valence-corrected chi connectivity index (χ3v) is 6.71. The van der Waals surface area contributed by atoms with Crippen molar-refractivity contribution in [2.45, 2.75) is 5.41 Å². The highest BCUT2D eigenvalue weighted by atomic mass is 16.5. The summed E-state index contributed by atoms with van der Waals surface area (Å²) >= 11 is 0. The SMILES string of the molecule is c1ccc2c(c1)Oc1ccccc1C21c2ccccc2-c2cc3ccccc3cc21. The Bertz CT molecular complexity index is 1430. The molecular weight excluding hydrogens is 364 g/mol. The van der Waals surface area contributed by atoms with E-state index in [1.807, 2.05) is 0 Å². The Balaban J connectivity index is 1.73. The van der Waals surface area contributed by atoms with E-state index in [0.29, 0.717) is 0 Å². The monoisotopic (exact) mass is 382 g/mol. The van der Waals surface area contributed by atoms with Crippen LogP contribution < -0.4 is 4.74 Å². The van der Waals surface area contributed by atoms with E-state index >= 15 is 0 Å². The summed E-state index contributed by atoms with van der Waals surface area (Å²) in [5, 5.41) is 2.54.